The van der Waals surface area contributed by atoms with Gasteiger partial charge >= 0.3 is 0 Å². The summed E-state index contributed by atoms with van der Waals surface area (Å²) in [5.74, 6) is 0.0302. The molecule has 0 radical (unpaired) electrons. The van der Waals surface area contributed by atoms with Crippen molar-refractivity contribution < 1.29 is 29.2 Å². The first kappa shape index (κ1) is 23.5. The zero-order chi connectivity index (χ0) is 24.0. The van der Waals surface area contributed by atoms with Crippen LogP contribution < -0.4 is 4.74 Å². The average Bonchev–Trinajstić information content (AvgIpc) is 3.49. The van der Waals surface area contributed by atoms with Crippen molar-refractivity contribution in [2.45, 2.75) is 63.7 Å². The van der Waals surface area contributed by atoms with Crippen LogP contribution in [-0.4, -0.2) is 47.7 Å². The van der Waals surface area contributed by atoms with Gasteiger partial charge in [-0.3, -0.25) is 0 Å². The second-order valence-corrected chi connectivity index (χ2v) is 10.5. The SMILES string of the molecule is COc1ccc(-c2ccc(Cc3cc(C(O)[C@@H]4O[C@H]5OC(C)(C)O[C@H]5[C@@H]4O)ccc3C)s2)cc1. The highest BCUT2D eigenvalue weighted by Crippen LogP contribution is 2.41. The lowest BCUT2D eigenvalue weighted by Gasteiger charge is -2.26. The van der Waals surface area contributed by atoms with Crippen LogP contribution in [0.25, 0.3) is 10.4 Å². The van der Waals surface area contributed by atoms with Crippen LogP contribution in [0.3, 0.4) is 0 Å². The Balaban J connectivity index is 1.31. The first-order chi connectivity index (χ1) is 16.2. The molecule has 2 N–H and O–H groups in total. The highest BCUT2D eigenvalue weighted by molar-refractivity contribution is 7.15. The van der Waals surface area contributed by atoms with Crippen molar-refractivity contribution in [1.29, 1.82) is 0 Å². The van der Waals surface area contributed by atoms with Gasteiger partial charge in [0.2, 0.25) is 0 Å². The van der Waals surface area contributed by atoms with E-state index in [9.17, 15) is 10.2 Å². The van der Waals surface area contributed by atoms with Gasteiger partial charge in [0.1, 0.15) is 30.2 Å². The van der Waals surface area contributed by atoms with Gasteiger partial charge in [-0.25, -0.2) is 0 Å². The van der Waals surface area contributed by atoms with Gasteiger partial charge < -0.3 is 29.2 Å². The van der Waals surface area contributed by atoms with E-state index in [1.807, 2.05) is 30.3 Å². The minimum atomic E-state index is -0.992. The predicted octanol–water partition coefficient (Wildman–Crippen LogP) is 4.59. The summed E-state index contributed by atoms with van der Waals surface area (Å²) in [4.78, 5) is 2.43. The van der Waals surface area contributed by atoms with Gasteiger partial charge in [0.25, 0.3) is 0 Å². The maximum atomic E-state index is 11.0. The molecule has 0 saturated carbocycles. The van der Waals surface area contributed by atoms with Crippen LogP contribution in [0.1, 0.15) is 41.5 Å². The first-order valence-corrected chi connectivity index (χ1v) is 12.3. The van der Waals surface area contributed by atoms with Crippen LogP contribution in [0.4, 0.5) is 0 Å². The van der Waals surface area contributed by atoms with Gasteiger partial charge in [0, 0.05) is 16.2 Å². The molecule has 2 aromatic carbocycles. The summed E-state index contributed by atoms with van der Waals surface area (Å²) in [5, 5.41) is 21.8. The Morgan fingerprint density at radius 1 is 1.06 bits per heavy atom. The molecule has 2 fully saturated rings. The van der Waals surface area contributed by atoms with Crippen LogP contribution in [0, 0.1) is 6.92 Å². The molecule has 0 bridgehead atoms. The highest BCUT2D eigenvalue weighted by Gasteiger charge is 2.56. The molecule has 7 heteroatoms. The fourth-order valence-electron chi connectivity index (χ4n) is 4.60. The standard InChI is InChI=1S/C27H30O6S/c1-15-5-6-17(22(28)24-23(29)25-26(31-24)33-27(2,3)32-25)13-18(15)14-20-11-12-21(34-20)16-7-9-19(30-4)10-8-16/h5-13,22-26,28-29H,14H2,1-4H3/t22?,23-,24+,25+,26+/m1/s1. The first-order valence-electron chi connectivity index (χ1n) is 11.4. The molecule has 5 rings (SSSR count). The number of hydrogen-bond acceptors (Lipinski definition) is 7. The molecule has 1 unspecified atom stereocenters. The largest absolute Gasteiger partial charge is 0.497 e. The Kier molecular flexibility index (Phi) is 6.27. The summed E-state index contributed by atoms with van der Waals surface area (Å²) in [5.41, 5.74) is 4.13. The Morgan fingerprint density at radius 3 is 2.53 bits per heavy atom. The number of hydrogen-bond donors (Lipinski definition) is 2. The van der Waals surface area contributed by atoms with E-state index in [2.05, 4.69) is 31.2 Å². The molecule has 1 aromatic heterocycles. The third-order valence-electron chi connectivity index (χ3n) is 6.48. The van der Waals surface area contributed by atoms with Gasteiger partial charge in [-0.1, -0.05) is 18.2 Å². The Hall–Kier alpha value is -2.26. The molecule has 0 spiro atoms. The lowest BCUT2D eigenvalue weighted by molar-refractivity contribution is -0.226. The molecule has 3 heterocycles. The number of rotatable bonds is 6. The molecular formula is C27H30O6S. The van der Waals surface area contributed by atoms with Crippen molar-refractivity contribution in [2.75, 3.05) is 7.11 Å². The summed E-state index contributed by atoms with van der Waals surface area (Å²) in [7, 11) is 1.67. The van der Waals surface area contributed by atoms with Gasteiger partial charge in [0.15, 0.2) is 12.1 Å². The van der Waals surface area contributed by atoms with Crippen molar-refractivity contribution in [3.63, 3.8) is 0 Å². The number of methoxy groups -OCH3 is 1. The van der Waals surface area contributed by atoms with Crippen molar-refractivity contribution >= 4 is 11.3 Å². The zero-order valence-electron chi connectivity index (χ0n) is 19.7. The van der Waals surface area contributed by atoms with Gasteiger partial charge in [-0.05, 0) is 79.4 Å². The fraction of sp³-hybridized carbons (Fsp3) is 0.407. The molecule has 2 aliphatic rings. The summed E-state index contributed by atoms with van der Waals surface area (Å²) < 4.78 is 22.6. The molecule has 2 saturated heterocycles. The molecule has 0 amide bonds. The quantitative estimate of drug-likeness (QED) is 0.535. The maximum Gasteiger partial charge on any atom is 0.190 e. The normalized spacial score (nSPS) is 26.4. The molecule has 34 heavy (non-hydrogen) atoms. The Bertz CT molecular complexity index is 1150. The maximum absolute atomic E-state index is 11.0. The van der Waals surface area contributed by atoms with Crippen LogP contribution >= 0.6 is 11.3 Å². The minimum absolute atomic E-state index is 0.609. The predicted molar refractivity (Wildman–Crippen MR) is 130 cm³/mol. The van der Waals surface area contributed by atoms with E-state index in [0.29, 0.717) is 5.56 Å². The van der Waals surface area contributed by atoms with Gasteiger partial charge in [-0.15, -0.1) is 11.3 Å². The smallest absolute Gasteiger partial charge is 0.190 e. The lowest BCUT2D eigenvalue weighted by atomic mass is 9.94. The molecule has 0 aliphatic carbocycles. The fourth-order valence-corrected chi connectivity index (χ4v) is 5.64. The number of benzene rings is 2. The lowest BCUT2D eigenvalue weighted by Crippen LogP contribution is -2.37. The second kappa shape index (κ2) is 9.07. The zero-order valence-corrected chi connectivity index (χ0v) is 20.5. The molecule has 5 atom stereocenters. The van der Waals surface area contributed by atoms with Crippen LogP contribution in [0.5, 0.6) is 5.75 Å². The van der Waals surface area contributed by atoms with E-state index in [1.165, 1.54) is 9.75 Å². The van der Waals surface area contributed by atoms with E-state index < -0.39 is 36.5 Å². The summed E-state index contributed by atoms with van der Waals surface area (Å²) >= 11 is 1.75. The van der Waals surface area contributed by atoms with Crippen molar-refractivity contribution in [3.05, 3.63) is 76.2 Å². The Labute approximate surface area is 203 Å². The van der Waals surface area contributed by atoms with Crippen molar-refractivity contribution in [2.24, 2.45) is 0 Å². The number of aliphatic hydroxyl groups is 2. The van der Waals surface area contributed by atoms with E-state index in [1.54, 1.807) is 32.3 Å². The molecule has 3 aromatic rings. The number of ether oxygens (including phenoxy) is 4. The topological polar surface area (TPSA) is 77.4 Å². The van der Waals surface area contributed by atoms with Crippen molar-refractivity contribution in [3.8, 4) is 16.2 Å². The van der Waals surface area contributed by atoms with Crippen LogP contribution in [-0.2, 0) is 20.6 Å². The third-order valence-corrected chi connectivity index (χ3v) is 7.61. The monoisotopic (exact) mass is 482 g/mol. The number of aliphatic hydroxyl groups excluding tert-OH is 2. The molecule has 6 nitrogen and oxygen atoms in total. The molecule has 2 aliphatic heterocycles. The van der Waals surface area contributed by atoms with Gasteiger partial charge in [0.05, 0.1) is 7.11 Å². The number of aryl methyl sites for hydroxylation is 1. The van der Waals surface area contributed by atoms with E-state index in [-0.39, 0.29) is 0 Å². The highest BCUT2D eigenvalue weighted by atomic mass is 32.1. The third kappa shape index (κ3) is 4.52. The minimum Gasteiger partial charge on any atom is -0.497 e. The number of thiophene rings is 1. The van der Waals surface area contributed by atoms with E-state index in [4.69, 9.17) is 18.9 Å². The summed E-state index contributed by atoms with van der Waals surface area (Å²) in [6, 6.07) is 18.2. The average molecular weight is 483 g/mol. The van der Waals surface area contributed by atoms with Crippen molar-refractivity contribution in [1.82, 2.24) is 0 Å². The van der Waals surface area contributed by atoms with Gasteiger partial charge in [-0.2, -0.15) is 0 Å². The van der Waals surface area contributed by atoms with E-state index in [0.717, 1.165) is 28.9 Å². The summed E-state index contributed by atoms with van der Waals surface area (Å²) in [6.45, 7) is 5.63. The van der Waals surface area contributed by atoms with Crippen LogP contribution in [0.2, 0.25) is 0 Å². The molecule has 180 valence electrons. The summed E-state index contributed by atoms with van der Waals surface area (Å²) in [6.07, 6.45) is -3.32. The Morgan fingerprint density at radius 2 is 1.82 bits per heavy atom. The van der Waals surface area contributed by atoms with Crippen LogP contribution in [0.15, 0.2) is 54.6 Å². The molecular weight excluding hydrogens is 452 g/mol. The second-order valence-electron chi connectivity index (χ2n) is 9.36. The van der Waals surface area contributed by atoms with E-state index >= 15 is 0 Å². The number of fused-ring (bicyclic) bond motifs is 1.